The van der Waals surface area contributed by atoms with Crippen molar-refractivity contribution < 1.29 is 27.8 Å². The summed E-state index contributed by atoms with van der Waals surface area (Å²) >= 11 is 0. The third-order valence-electron chi connectivity index (χ3n) is 2.38. The minimum atomic E-state index is -4.67. The first-order chi connectivity index (χ1) is 9.01. The van der Waals surface area contributed by atoms with E-state index in [2.05, 4.69) is 4.74 Å². The Morgan fingerprint density at radius 2 is 1.47 bits per heavy atom. The Morgan fingerprint density at radius 1 is 0.895 bits per heavy atom. The van der Waals surface area contributed by atoms with Crippen molar-refractivity contribution in [1.82, 2.24) is 0 Å². The number of hydrogen-bond acceptors (Lipinski definition) is 3. The van der Waals surface area contributed by atoms with Gasteiger partial charge in [0.1, 0.15) is 11.5 Å². The zero-order chi connectivity index (χ0) is 14.1. The van der Waals surface area contributed by atoms with Crippen LogP contribution in [-0.2, 0) is 0 Å². The van der Waals surface area contributed by atoms with E-state index < -0.39 is 6.36 Å². The summed E-state index contributed by atoms with van der Waals surface area (Å²) in [4.78, 5) is 0. The van der Waals surface area contributed by atoms with E-state index in [-0.39, 0.29) is 12.4 Å². The first kappa shape index (κ1) is 15.6. The number of hydrogen-bond donors (Lipinski definition) is 1. The smallest absolute Gasteiger partial charge is 0.494 e. The van der Waals surface area contributed by atoms with Crippen molar-refractivity contribution in [3.05, 3.63) is 24.3 Å². The number of ether oxygens (including phenoxy) is 2. The molecule has 108 valence electrons. The Balaban J connectivity index is 2.25. The topological polar surface area (TPSA) is 38.7 Å². The molecular formula is C13H17F3O3. The number of halogens is 3. The van der Waals surface area contributed by atoms with Gasteiger partial charge in [0.05, 0.1) is 6.61 Å². The molecule has 3 nitrogen and oxygen atoms in total. The Kier molecular flexibility index (Phi) is 6.49. The normalized spacial score (nSPS) is 11.4. The lowest BCUT2D eigenvalue weighted by Gasteiger charge is -2.10. The van der Waals surface area contributed by atoms with Crippen molar-refractivity contribution in [3.8, 4) is 11.5 Å². The number of benzene rings is 1. The van der Waals surface area contributed by atoms with Crippen molar-refractivity contribution in [2.75, 3.05) is 13.2 Å². The first-order valence-corrected chi connectivity index (χ1v) is 6.11. The highest BCUT2D eigenvalue weighted by atomic mass is 19.4. The highest BCUT2D eigenvalue weighted by Crippen LogP contribution is 2.24. The van der Waals surface area contributed by atoms with Gasteiger partial charge in [-0.05, 0) is 43.5 Å². The van der Waals surface area contributed by atoms with E-state index >= 15 is 0 Å². The quantitative estimate of drug-likeness (QED) is 0.739. The molecule has 0 amide bonds. The number of aliphatic hydroxyl groups is 1. The summed E-state index contributed by atoms with van der Waals surface area (Å²) < 4.78 is 44.9. The Bertz CT molecular complexity index is 349. The van der Waals surface area contributed by atoms with E-state index in [1.54, 1.807) is 0 Å². The number of rotatable bonds is 8. The van der Waals surface area contributed by atoms with Gasteiger partial charge in [-0.25, -0.2) is 0 Å². The standard InChI is InChI=1S/C13H17F3O3/c14-13(15,16)19-12-7-5-11(6-8-12)18-10-4-2-1-3-9-17/h5-8,17H,1-4,9-10H2. The summed E-state index contributed by atoms with van der Waals surface area (Å²) in [5, 5.41) is 8.58. The van der Waals surface area contributed by atoms with Crippen LogP contribution < -0.4 is 9.47 Å². The number of alkyl halides is 3. The molecule has 0 unspecified atom stereocenters. The van der Waals surface area contributed by atoms with Crippen LogP contribution in [0.5, 0.6) is 11.5 Å². The molecule has 0 saturated carbocycles. The lowest BCUT2D eigenvalue weighted by molar-refractivity contribution is -0.274. The number of aliphatic hydroxyl groups excluding tert-OH is 1. The third kappa shape index (κ3) is 7.56. The van der Waals surface area contributed by atoms with Gasteiger partial charge in [0.15, 0.2) is 0 Å². The van der Waals surface area contributed by atoms with Crippen LogP contribution in [0.4, 0.5) is 13.2 Å². The molecule has 0 saturated heterocycles. The molecule has 0 atom stereocenters. The molecule has 0 fully saturated rings. The molecule has 1 aromatic carbocycles. The van der Waals surface area contributed by atoms with Gasteiger partial charge in [-0.3, -0.25) is 0 Å². The minimum Gasteiger partial charge on any atom is -0.494 e. The summed E-state index contributed by atoms with van der Waals surface area (Å²) in [6, 6.07) is 5.31. The number of unbranched alkanes of at least 4 members (excludes halogenated alkanes) is 3. The summed E-state index contributed by atoms with van der Waals surface area (Å²) in [7, 11) is 0. The fourth-order valence-corrected chi connectivity index (χ4v) is 1.49. The van der Waals surface area contributed by atoms with Crippen LogP contribution in [0.3, 0.4) is 0 Å². The van der Waals surface area contributed by atoms with Gasteiger partial charge in [0.25, 0.3) is 0 Å². The molecule has 1 aromatic rings. The van der Waals surface area contributed by atoms with E-state index in [0.717, 1.165) is 25.7 Å². The lowest BCUT2D eigenvalue weighted by atomic mass is 10.2. The molecule has 1 N–H and O–H groups in total. The monoisotopic (exact) mass is 278 g/mol. The fourth-order valence-electron chi connectivity index (χ4n) is 1.49. The Morgan fingerprint density at radius 3 is 2.05 bits per heavy atom. The van der Waals surface area contributed by atoms with E-state index in [4.69, 9.17) is 9.84 Å². The lowest BCUT2D eigenvalue weighted by Crippen LogP contribution is -2.16. The average molecular weight is 278 g/mol. The van der Waals surface area contributed by atoms with Gasteiger partial charge in [0.2, 0.25) is 0 Å². The Hall–Kier alpha value is -1.43. The first-order valence-electron chi connectivity index (χ1n) is 6.11. The Labute approximate surface area is 110 Å². The maximum Gasteiger partial charge on any atom is 0.573 e. The van der Waals surface area contributed by atoms with Crippen molar-refractivity contribution in [3.63, 3.8) is 0 Å². The molecular weight excluding hydrogens is 261 g/mol. The van der Waals surface area contributed by atoms with Crippen LogP contribution in [0, 0.1) is 0 Å². The van der Waals surface area contributed by atoms with Crippen LogP contribution in [-0.4, -0.2) is 24.7 Å². The third-order valence-corrected chi connectivity index (χ3v) is 2.38. The van der Waals surface area contributed by atoms with Gasteiger partial charge in [0, 0.05) is 6.61 Å². The maximum absolute atomic E-state index is 11.9. The van der Waals surface area contributed by atoms with Crippen molar-refractivity contribution >= 4 is 0 Å². The molecule has 19 heavy (non-hydrogen) atoms. The van der Waals surface area contributed by atoms with Gasteiger partial charge >= 0.3 is 6.36 Å². The minimum absolute atomic E-state index is 0.196. The highest BCUT2D eigenvalue weighted by molar-refractivity contribution is 5.31. The second kappa shape index (κ2) is 7.89. The van der Waals surface area contributed by atoms with Crippen molar-refractivity contribution in [1.29, 1.82) is 0 Å². The van der Waals surface area contributed by atoms with Crippen molar-refractivity contribution in [2.45, 2.75) is 32.0 Å². The van der Waals surface area contributed by atoms with Gasteiger partial charge in [-0.15, -0.1) is 13.2 Å². The molecule has 1 rings (SSSR count). The van der Waals surface area contributed by atoms with E-state index in [0.29, 0.717) is 12.4 Å². The van der Waals surface area contributed by atoms with E-state index in [9.17, 15) is 13.2 Å². The van der Waals surface area contributed by atoms with Crippen LogP contribution in [0.1, 0.15) is 25.7 Å². The zero-order valence-corrected chi connectivity index (χ0v) is 10.4. The molecule has 0 aliphatic heterocycles. The molecule has 0 heterocycles. The van der Waals surface area contributed by atoms with E-state index in [1.165, 1.54) is 24.3 Å². The van der Waals surface area contributed by atoms with Crippen LogP contribution in [0.15, 0.2) is 24.3 Å². The molecule has 0 aromatic heterocycles. The van der Waals surface area contributed by atoms with Crippen molar-refractivity contribution in [2.24, 2.45) is 0 Å². The fraction of sp³-hybridized carbons (Fsp3) is 0.538. The van der Waals surface area contributed by atoms with Crippen LogP contribution >= 0.6 is 0 Å². The molecule has 0 radical (unpaired) electrons. The SMILES string of the molecule is OCCCCCCOc1ccc(OC(F)(F)F)cc1. The van der Waals surface area contributed by atoms with Gasteiger partial charge in [-0.1, -0.05) is 6.42 Å². The van der Waals surface area contributed by atoms with Gasteiger partial charge in [-0.2, -0.15) is 0 Å². The van der Waals surface area contributed by atoms with Gasteiger partial charge < -0.3 is 14.6 Å². The molecule has 0 aliphatic carbocycles. The summed E-state index contributed by atoms with van der Waals surface area (Å²) in [6.45, 7) is 0.701. The van der Waals surface area contributed by atoms with Crippen LogP contribution in [0.2, 0.25) is 0 Å². The summed E-state index contributed by atoms with van der Waals surface area (Å²) in [6.07, 6.45) is -1.15. The average Bonchev–Trinajstić information content (AvgIpc) is 2.34. The maximum atomic E-state index is 11.9. The highest BCUT2D eigenvalue weighted by Gasteiger charge is 2.30. The molecule has 0 bridgehead atoms. The molecule has 6 heteroatoms. The predicted octanol–water partition coefficient (Wildman–Crippen LogP) is 3.52. The molecule has 0 spiro atoms. The predicted molar refractivity (Wildman–Crippen MR) is 64.2 cm³/mol. The second-order valence-electron chi connectivity index (χ2n) is 4.01. The summed E-state index contributed by atoms with van der Waals surface area (Å²) in [5.74, 6) is 0.250. The summed E-state index contributed by atoms with van der Waals surface area (Å²) in [5.41, 5.74) is 0. The molecule has 0 aliphatic rings. The second-order valence-corrected chi connectivity index (χ2v) is 4.01. The van der Waals surface area contributed by atoms with Crippen LogP contribution in [0.25, 0.3) is 0 Å². The van der Waals surface area contributed by atoms with E-state index in [1.807, 2.05) is 0 Å². The zero-order valence-electron chi connectivity index (χ0n) is 10.4. The largest absolute Gasteiger partial charge is 0.573 e.